The minimum atomic E-state index is -0.833. The van der Waals surface area contributed by atoms with E-state index in [9.17, 15) is 4.79 Å². The van der Waals surface area contributed by atoms with Gasteiger partial charge in [0.1, 0.15) is 0 Å². The van der Waals surface area contributed by atoms with Gasteiger partial charge in [-0.15, -0.1) is 22.7 Å². The van der Waals surface area contributed by atoms with Crippen molar-refractivity contribution in [3.8, 4) is 0 Å². The van der Waals surface area contributed by atoms with Crippen LogP contribution >= 0.6 is 22.7 Å². The molecule has 108 valence electrons. The number of hydrogen-bond acceptors (Lipinski definition) is 6. The highest BCUT2D eigenvalue weighted by Crippen LogP contribution is 2.17. The lowest BCUT2D eigenvalue weighted by atomic mass is 10.5. The van der Waals surface area contributed by atoms with Gasteiger partial charge in [0.25, 0.3) is 0 Å². The molecular formula is C10H14N6O2S2. The van der Waals surface area contributed by atoms with Crippen molar-refractivity contribution in [2.75, 3.05) is 11.5 Å². The van der Waals surface area contributed by atoms with Crippen molar-refractivity contribution in [3.05, 3.63) is 32.0 Å². The maximum absolute atomic E-state index is 10.5. The molecule has 0 spiro atoms. The zero-order chi connectivity index (χ0) is 15.1. The highest BCUT2D eigenvalue weighted by Gasteiger charge is 1.94. The summed E-state index contributed by atoms with van der Waals surface area (Å²) in [6.07, 6.45) is 0. The number of H-pyrrole nitrogens is 2. The molecule has 3 heterocycles. The second kappa shape index (κ2) is 7.21. The molecule has 0 aromatic carbocycles. The molecule has 0 unspecified atom stereocenters. The lowest BCUT2D eigenvalue weighted by Crippen LogP contribution is -2.18. The third-order valence-electron chi connectivity index (χ3n) is 1.88. The number of aromatic amines is 2. The lowest BCUT2D eigenvalue weighted by Gasteiger charge is -1.82. The molecule has 10 N–H and O–H groups in total. The molecule has 3 rings (SSSR count). The summed E-state index contributed by atoms with van der Waals surface area (Å²) in [6, 6.07) is -0.833. The number of carbonyl (C=O) groups excluding carboxylic acids is 1. The molecule has 0 radical (unpaired) electrons. The third kappa shape index (κ3) is 5.04. The Bertz CT molecular complexity index is 673. The maximum Gasteiger partial charge on any atom is 0.323 e. The second-order valence-electron chi connectivity index (χ2n) is 3.46. The monoisotopic (exact) mass is 314 g/mol. The van der Waals surface area contributed by atoms with Gasteiger partial charge in [-0.1, -0.05) is 0 Å². The number of imidazole rings is 1. The number of amides is 2. The van der Waals surface area contributed by atoms with E-state index < -0.39 is 6.03 Å². The van der Waals surface area contributed by atoms with Gasteiger partial charge in [-0.25, -0.2) is 9.59 Å². The van der Waals surface area contributed by atoms with E-state index in [0.29, 0.717) is 11.4 Å². The summed E-state index contributed by atoms with van der Waals surface area (Å²) in [6.45, 7) is 0. The van der Waals surface area contributed by atoms with Crippen molar-refractivity contribution in [2.45, 2.75) is 0 Å². The first-order valence-corrected chi connectivity index (χ1v) is 7.05. The summed E-state index contributed by atoms with van der Waals surface area (Å²) >= 11 is 3.08. The molecule has 0 atom stereocenters. The van der Waals surface area contributed by atoms with Gasteiger partial charge in [0.05, 0.1) is 22.4 Å². The molecular weight excluding hydrogens is 300 g/mol. The molecule has 0 fully saturated rings. The molecule has 0 saturated carbocycles. The number of thiophene rings is 2. The van der Waals surface area contributed by atoms with Gasteiger partial charge in [0, 0.05) is 21.5 Å². The SMILES string of the molecule is NC(N)=O.Nc1cscc1N.O=c1[nH]c2cscc2[nH]1. The zero-order valence-electron chi connectivity index (χ0n) is 10.3. The number of nitrogens with two attached hydrogens (primary N) is 4. The van der Waals surface area contributed by atoms with E-state index >= 15 is 0 Å². The van der Waals surface area contributed by atoms with Crippen molar-refractivity contribution in [1.29, 1.82) is 0 Å². The highest BCUT2D eigenvalue weighted by molar-refractivity contribution is 7.09. The van der Waals surface area contributed by atoms with Gasteiger partial charge in [-0.2, -0.15) is 0 Å². The molecule has 0 bridgehead atoms. The van der Waals surface area contributed by atoms with Gasteiger partial charge in [-0.3, -0.25) is 0 Å². The van der Waals surface area contributed by atoms with Crippen molar-refractivity contribution >= 4 is 51.1 Å². The fourth-order valence-electron chi connectivity index (χ4n) is 1.08. The van der Waals surface area contributed by atoms with Gasteiger partial charge in [0.2, 0.25) is 0 Å². The van der Waals surface area contributed by atoms with Crippen LogP contribution in [0.2, 0.25) is 0 Å². The quantitative estimate of drug-likeness (QED) is 0.361. The van der Waals surface area contributed by atoms with E-state index in [-0.39, 0.29) is 5.69 Å². The predicted molar refractivity (Wildman–Crippen MR) is 83.7 cm³/mol. The Labute approximate surface area is 121 Å². The van der Waals surface area contributed by atoms with Gasteiger partial charge in [0.15, 0.2) is 0 Å². The largest absolute Gasteiger partial charge is 0.396 e. The van der Waals surface area contributed by atoms with Crippen LogP contribution in [0, 0.1) is 0 Å². The van der Waals surface area contributed by atoms with E-state index in [1.807, 2.05) is 21.5 Å². The number of carbonyl (C=O) groups is 1. The Morgan fingerprint density at radius 2 is 1.25 bits per heavy atom. The van der Waals surface area contributed by atoms with E-state index in [1.54, 1.807) is 11.3 Å². The molecule has 10 heteroatoms. The van der Waals surface area contributed by atoms with Crippen LogP contribution in [0.3, 0.4) is 0 Å². The van der Waals surface area contributed by atoms with Crippen LogP contribution < -0.4 is 28.6 Å². The smallest absolute Gasteiger partial charge is 0.323 e. The number of fused-ring (bicyclic) bond motifs is 1. The second-order valence-corrected chi connectivity index (χ2v) is 4.95. The van der Waals surface area contributed by atoms with Crippen LogP contribution in [0.1, 0.15) is 0 Å². The first-order valence-electron chi connectivity index (χ1n) is 5.16. The number of anilines is 2. The summed E-state index contributed by atoms with van der Waals surface area (Å²) in [5.74, 6) is 0. The van der Waals surface area contributed by atoms with Crippen molar-refractivity contribution < 1.29 is 4.79 Å². The van der Waals surface area contributed by atoms with Crippen LogP contribution in [0.4, 0.5) is 16.2 Å². The van der Waals surface area contributed by atoms with E-state index in [2.05, 4.69) is 21.4 Å². The number of hydrogen-bond donors (Lipinski definition) is 6. The average Bonchev–Trinajstić information content (AvgIpc) is 2.97. The van der Waals surface area contributed by atoms with E-state index in [0.717, 1.165) is 11.0 Å². The minimum Gasteiger partial charge on any atom is -0.396 e. The summed E-state index contributed by atoms with van der Waals surface area (Å²) in [5.41, 5.74) is 22.2. The van der Waals surface area contributed by atoms with E-state index in [4.69, 9.17) is 16.3 Å². The molecule has 20 heavy (non-hydrogen) atoms. The Morgan fingerprint density at radius 1 is 0.900 bits per heavy atom. The molecule has 2 amide bonds. The van der Waals surface area contributed by atoms with Gasteiger partial charge in [-0.05, 0) is 0 Å². The molecule has 0 aliphatic rings. The molecule has 3 aromatic heterocycles. The van der Waals surface area contributed by atoms with E-state index in [1.165, 1.54) is 11.3 Å². The number of nitrogens with one attached hydrogen (secondary N) is 2. The highest BCUT2D eigenvalue weighted by atomic mass is 32.1. The van der Waals surface area contributed by atoms with Crippen LogP contribution in [0.25, 0.3) is 11.0 Å². The van der Waals surface area contributed by atoms with Crippen molar-refractivity contribution in [3.63, 3.8) is 0 Å². The topological polar surface area (TPSA) is 170 Å². The summed E-state index contributed by atoms with van der Waals surface area (Å²) < 4.78 is 0. The Balaban J connectivity index is 0.000000164. The number of primary amides is 2. The minimum absolute atomic E-state index is 0.132. The normalized spacial score (nSPS) is 9.20. The molecule has 8 nitrogen and oxygen atoms in total. The Kier molecular flexibility index (Phi) is 5.62. The average molecular weight is 314 g/mol. The van der Waals surface area contributed by atoms with Crippen molar-refractivity contribution in [1.82, 2.24) is 9.97 Å². The molecule has 0 aliphatic carbocycles. The third-order valence-corrected chi connectivity index (χ3v) is 3.41. The first-order chi connectivity index (χ1) is 9.40. The molecule has 3 aromatic rings. The summed E-state index contributed by atoms with van der Waals surface area (Å²) in [4.78, 5) is 24.8. The van der Waals surface area contributed by atoms with Crippen LogP contribution in [-0.4, -0.2) is 16.0 Å². The summed E-state index contributed by atoms with van der Waals surface area (Å²) in [5, 5.41) is 7.42. The molecule has 0 saturated heterocycles. The fourth-order valence-corrected chi connectivity index (χ4v) is 2.43. The Morgan fingerprint density at radius 3 is 1.55 bits per heavy atom. The number of urea groups is 1. The van der Waals surface area contributed by atoms with Crippen LogP contribution in [-0.2, 0) is 0 Å². The number of rotatable bonds is 0. The van der Waals surface area contributed by atoms with Gasteiger partial charge >= 0.3 is 11.7 Å². The zero-order valence-corrected chi connectivity index (χ0v) is 11.9. The maximum atomic E-state index is 10.5. The Hall–Kier alpha value is -2.46. The van der Waals surface area contributed by atoms with Crippen LogP contribution in [0.5, 0.6) is 0 Å². The lowest BCUT2D eigenvalue weighted by molar-refractivity contribution is 0.256. The number of aromatic nitrogens is 2. The van der Waals surface area contributed by atoms with Gasteiger partial charge < -0.3 is 32.9 Å². The number of nitrogen functional groups attached to an aromatic ring is 2. The standard InChI is InChI=1S/C5H4N2OS.C4H6N2S.CH4N2O/c8-5-6-3-1-9-2-4(3)7-5;5-3-1-7-2-4(3)6;2-1(3)4/h1-2H,(H2,6,7,8);1-2H,5-6H2;(H4,2,3,4). The van der Waals surface area contributed by atoms with Crippen LogP contribution in [0.15, 0.2) is 26.3 Å². The predicted octanol–water partition coefficient (Wildman–Crippen LogP) is 0.854. The fraction of sp³-hybridized carbons (Fsp3) is 0. The van der Waals surface area contributed by atoms with Crippen molar-refractivity contribution in [2.24, 2.45) is 11.5 Å². The summed E-state index contributed by atoms with van der Waals surface area (Å²) in [7, 11) is 0. The molecule has 0 aliphatic heterocycles. The first kappa shape index (κ1) is 15.6.